The Labute approximate surface area is 109 Å². The van der Waals surface area contributed by atoms with Crippen LogP contribution in [0.2, 0.25) is 0 Å². The molecule has 106 valence electrons. The van der Waals surface area contributed by atoms with Gasteiger partial charge in [-0.1, -0.05) is 0 Å². The lowest BCUT2D eigenvalue weighted by Gasteiger charge is -2.11. The molecule has 2 amide bonds. The van der Waals surface area contributed by atoms with Gasteiger partial charge in [-0.25, -0.2) is 4.98 Å². The van der Waals surface area contributed by atoms with Crippen molar-refractivity contribution in [2.75, 3.05) is 6.61 Å². The number of amides is 2. The standard InChI is InChI=1S/C9H10F3N3O3S/c1-3-5(19-8(14-3)9(10,11)12)7(18)15-4(2-16)6(13)17/h4,16H,2H2,1H3,(H2,13,17)(H,15,18)/t4-/m0/s1. The van der Waals surface area contributed by atoms with Crippen LogP contribution in [0.1, 0.15) is 20.4 Å². The number of nitrogens with two attached hydrogens (primary N) is 1. The Kier molecular flexibility index (Phi) is 4.48. The third-order valence-corrected chi connectivity index (χ3v) is 3.28. The summed E-state index contributed by atoms with van der Waals surface area (Å²) < 4.78 is 37.2. The third-order valence-electron chi connectivity index (χ3n) is 2.08. The predicted molar refractivity (Wildman–Crippen MR) is 59.4 cm³/mol. The van der Waals surface area contributed by atoms with Gasteiger partial charge in [-0.3, -0.25) is 9.59 Å². The first-order valence-electron chi connectivity index (χ1n) is 4.92. The van der Waals surface area contributed by atoms with Crippen molar-refractivity contribution in [3.8, 4) is 0 Å². The van der Waals surface area contributed by atoms with E-state index >= 15 is 0 Å². The molecule has 4 N–H and O–H groups in total. The molecule has 1 rings (SSSR count). The van der Waals surface area contributed by atoms with Gasteiger partial charge in [-0.15, -0.1) is 11.3 Å². The summed E-state index contributed by atoms with van der Waals surface area (Å²) in [5, 5.41) is 9.66. The molecule has 0 fully saturated rings. The van der Waals surface area contributed by atoms with Gasteiger partial charge in [0.15, 0.2) is 5.01 Å². The second-order valence-electron chi connectivity index (χ2n) is 3.54. The molecule has 19 heavy (non-hydrogen) atoms. The van der Waals surface area contributed by atoms with Crippen LogP contribution in [0, 0.1) is 6.92 Å². The first-order chi connectivity index (χ1) is 8.66. The third kappa shape index (κ3) is 3.64. The van der Waals surface area contributed by atoms with E-state index in [1.165, 1.54) is 6.92 Å². The quantitative estimate of drug-likeness (QED) is 0.730. The van der Waals surface area contributed by atoms with Crippen molar-refractivity contribution in [3.63, 3.8) is 0 Å². The van der Waals surface area contributed by atoms with Gasteiger partial charge in [0.25, 0.3) is 5.91 Å². The highest BCUT2D eigenvalue weighted by molar-refractivity contribution is 7.13. The lowest BCUT2D eigenvalue weighted by molar-refractivity contribution is -0.137. The van der Waals surface area contributed by atoms with E-state index in [-0.39, 0.29) is 21.9 Å². The van der Waals surface area contributed by atoms with Gasteiger partial charge >= 0.3 is 6.18 Å². The zero-order valence-electron chi connectivity index (χ0n) is 9.61. The topological polar surface area (TPSA) is 105 Å². The Balaban J connectivity index is 2.95. The number of aliphatic hydroxyl groups excluding tert-OH is 1. The van der Waals surface area contributed by atoms with Crippen molar-refractivity contribution in [1.82, 2.24) is 10.3 Å². The zero-order valence-corrected chi connectivity index (χ0v) is 10.4. The molecule has 1 atom stereocenters. The summed E-state index contributed by atoms with van der Waals surface area (Å²) in [4.78, 5) is 25.4. The van der Waals surface area contributed by atoms with Crippen LogP contribution >= 0.6 is 11.3 Å². The lowest BCUT2D eigenvalue weighted by atomic mass is 10.3. The number of nitrogens with one attached hydrogen (secondary N) is 1. The molecular formula is C9H10F3N3O3S. The van der Waals surface area contributed by atoms with Gasteiger partial charge in [0, 0.05) is 0 Å². The monoisotopic (exact) mass is 297 g/mol. The van der Waals surface area contributed by atoms with E-state index in [4.69, 9.17) is 10.8 Å². The summed E-state index contributed by atoms with van der Waals surface area (Å²) >= 11 is 0.157. The van der Waals surface area contributed by atoms with Gasteiger partial charge in [0.05, 0.1) is 12.3 Å². The number of hydrogen-bond acceptors (Lipinski definition) is 5. The number of aryl methyl sites for hydroxylation is 1. The largest absolute Gasteiger partial charge is 0.443 e. The molecule has 1 heterocycles. The highest BCUT2D eigenvalue weighted by Crippen LogP contribution is 2.33. The number of carbonyl (C=O) groups excluding carboxylic acids is 2. The Morgan fingerprint density at radius 1 is 1.53 bits per heavy atom. The maximum absolute atomic E-state index is 12.4. The van der Waals surface area contributed by atoms with Gasteiger partial charge in [-0.2, -0.15) is 13.2 Å². The van der Waals surface area contributed by atoms with Crippen molar-refractivity contribution < 1.29 is 27.9 Å². The summed E-state index contributed by atoms with van der Waals surface area (Å²) in [6.07, 6.45) is -4.64. The van der Waals surface area contributed by atoms with E-state index in [9.17, 15) is 22.8 Å². The lowest BCUT2D eigenvalue weighted by Crippen LogP contribution is -2.46. The minimum Gasteiger partial charge on any atom is -0.394 e. The number of hydrogen-bond donors (Lipinski definition) is 3. The molecule has 0 aliphatic carbocycles. The molecule has 6 nitrogen and oxygen atoms in total. The number of alkyl halides is 3. The van der Waals surface area contributed by atoms with E-state index in [0.29, 0.717) is 0 Å². The van der Waals surface area contributed by atoms with Crippen LogP contribution in [0.15, 0.2) is 0 Å². The molecule has 0 saturated carbocycles. The molecule has 0 aromatic carbocycles. The van der Waals surface area contributed by atoms with Gasteiger partial charge in [-0.05, 0) is 6.92 Å². The van der Waals surface area contributed by atoms with E-state index in [1.54, 1.807) is 0 Å². The first-order valence-corrected chi connectivity index (χ1v) is 5.74. The van der Waals surface area contributed by atoms with Crippen molar-refractivity contribution in [2.24, 2.45) is 5.73 Å². The summed E-state index contributed by atoms with van der Waals surface area (Å²) in [6, 6.07) is -1.36. The number of thiazole rings is 1. The Morgan fingerprint density at radius 2 is 2.11 bits per heavy atom. The Bertz CT molecular complexity index is 501. The summed E-state index contributed by atoms with van der Waals surface area (Å²) in [6.45, 7) is 0.490. The molecule has 0 aliphatic rings. The van der Waals surface area contributed by atoms with Crippen LogP contribution in [-0.4, -0.2) is 34.6 Å². The molecule has 0 spiro atoms. The number of nitrogens with zero attached hydrogens (tertiary/aromatic N) is 1. The number of carbonyl (C=O) groups is 2. The van der Waals surface area contributed by atoms with Crippen LogP contribution in [-0.2, 0) is 11.0 Å². The Hall–Kier alpha value is -1.68. The van der Waals surface area contributed by atoms with Crippen molar-refractivity contribution in [1.29, 1.82) is 0 Å². The maximum Gasteiger partial charge on any atom is 0.443 e. The van der Waals surface area contributed by atoms with E-state index in [1.807, 2.05) is 5.32 Å². The van der Waals surface area contributed by atoms with E-state index < -0.39 is 35.6 Å². The maximum atomic E-state index is 12.4. The molecule has 10 heteroatoms. The highest BCUT2D eigenvalue weighted by Gasteiger charge is 2.36. The normalized spacial score (nSPS) is 13.1. The SMILES string of the molecule is Cc1nc(C(F)(F)F)sc1C(=O)N[C@@H](CO)C(N)=O. The van der Waals surface area contributed by atoms with Crippen molar-refractivity contribution in [2.45, 2.75) is 19.1 Å². The van der Waals surface area contributed by atoms with Crippen molar-refractivity contribution in [3.05, 3.63) is 15.6 Å². The smallest absolute Gasteiger partial charge is 0.394 e. The summed E-state index contributed by atoms with van der Waals surface area (Å²) in [7, 11) is 0. The number of primary amides is 1. The fourth-order valence-corrected chi connectivity index (χ4v) is 2.00. The average molecular weight is 297 g/mol. The fraction of sp³-hybridized carbons (Fsp3) is 0.444. The number of halogens is 3. The van der Waals surface area contributed by atoms with Crippen LogP contribution in [0.3, 0.4) is 0 Å². The second kappa shape index (κ2) is 5.53. The van der Waals surface area contributed by atoms with Crippen LogP contribution in [0.4, 0.5) is 13.2 Å². The number of aromatic nitrogens is 1. The summed E-state index contributed by atoms with van der Waals surface area (Å²) in [5.41, 5.74) is 4.77. The molecule has 0 bridgehead atoms. The predicted octanol–water partition coefficient (Wildman–Crippen LogP) is 0.0463. The molecule has 0 aliphatic heterocycles. The van der Waals surface area contributed by atoms with E-state index in [2.05, 4.69) is 4.98 Å². The highest BCUT2D eigenvalue weighted by atomic mass is 32.1. The van der Waals surface area contributed by atoms with Crippen LogP contribution in [0.25, 0.3) is 0 Å². The first kappa shape index (κ1) is 15.4. The minimum atomic E-state index is -4.64. The Morgan fingerprint density at radius 3 is 2.47 bits per heavy atom. The molecular weight excluding hydrogens is 287 g/mol. The number of aliphatic hydroxyl groups is 1. The zero-order chi connectivity index (χ0) is 14.8. The van der Waals surface area contributed by atoms with Crippen LogP contribution < -0.4 is 11.1 Å². The fourth-order valence-electron chi connectivity index (χ4n) is 1.16. The minimum absolute atomic E-state index is 0.115. The van der Waals surface area contributed by atoms with Crippen LogP contribution in [0.5, 0.6) is 0 Å². The molecule has 1 aromatic rings. The van der Waals surface area contributed by atoms with E-state index in [0.717, 1.165) is 0 Å². The molecule has 0 unspecified atom stereocenters. The van der Waals surface area contributed by atoms with Gasteiger partial charge in [0.1, 0.15) is 10.9 Å². The van der Waals surface area contributed by atoms with Gasteiger partial charge in [0.2, 0.25) is 5.91 Å². The summed E-state index contributed by atoms with van der Waals surface area (Å²) in [5.74, 6) is -1.93. The molecule has 1 aromatic heterocycles. The average Bonchev–Trinajstić information content (AvgIpc) is 2.67. The molecule has 0 radical (unpaired) electrons. The number of rotatable bonds is 4. The molecule has 0 saturated heterocycles. The second-order valence-corrected chi connectivity index (χ2v) is 4.54. The van der Waals surface area contributed by atoms with Crippen molar-refractivity contribution >= 4 is 23.2 Å². The van der Waals surface area contributed by atoms with Gasteiger partial charge < -0.3 is 16.2 Å².